The van der Waals surface area contributed by atoms with Crippen LogP contribution in [0.4, 0.5) is 5.69 Å². The van der Waals surface area contributed by atoms with E-state index in [1.165, 1.54) is 25.7 Å². The molecular weight excluding hydrogens is 801 g/mol. The lowest BCUT2D eigenvalue weighted by molar-refractivity contribution is -0.142. The Morgan fingerprint density at radius 3 is 2.00 bits per heavy atom. The SMILES string of the molecule is CC.CCCCCCCCCC(=O)NCCNCC(N)C(=O)N[C@H](CCN1C(=O)c2cccc3c(N(C)C)ccc(c23)C1=O)C(=O)NCC[C@@H](NC(=O)CCCC(=O)O)C(=O)O. The van der Waals surface area contributed by atoms with Crippen LogP contribution in [0.25, 0.3) is 10.8 Å². The molecule has 1 aliphatic heterocycles. The van der Waals surface area contributed by atoms with Gasteiger partial charge in [0.1, 0.15) is 12.1 Å². The molecule has 2 aromatic carbocycles. The molecule has 0 saturated carbocycles. The Labute approximate surface area is 364 Å². The maximum atomic E-state index is 13.8. The Balaban J connectivity index is 0.00000651. The fourth-order valence-electron chi connectivity index (χ4n) is 6.89. The van der Waals surface area contributed by atoms with Crippen molar-refractivity contribution in [1.82, 2.24) is 31.5 Å². The number of carbonyl (C=O) groups is 8. The molecule has 0 radical (unpaired) electrons. The van der Waals surface area contributed by atoms with Gasteiger partial charge >= 0.3 is 11.9 Å². The van der Waals surface area contributed by atoms with Crippen molar-refractivity contribution >= 4 is 63.8 Å². The zero-order valence-electron chi connectivity index (χ0n) is 37.0. The van der Waals surface area contributed by atoms with Gasteiger partial charge in [0.05, 0.1) is 6.04 Å². The van der Waals surface area contributed by atoms with E-state index in [2.05, 4.69) is 33.5 Å². The van der Waals surface area contributed by atoms with E-state index in [-0.39, 0.29) is 57.6 Å². The number of imide groups is 1. The first kappa shape index (κ1) is 52.5. The van der Waals surface area contributed by atoms with Crippen molar-refractivity contribution in [3.8, 4) is 0 Å². The number of hydrogen-bond acceptors (Lipinski definition) is 11. The Morgan fingerprint density at radius 1 is 0.710 bits per heavy atom. The quantitative estimate of drug-likeness (QED) is 0.0432. The fourth-order valence-corrected chi connectivity index (χ4v) is 6.89. The molecule has 18 nitrogen and oxygen atoms in total. The number of rotatable bonds is 29. The standard InChI is InChI=1S/C42H62N8O10.C2H6/c1-4-5-6-7-8-9-10-15-34(51)45-24-23-44-26-30(43)38(55)48-31(39(56)46-22-20-32(42(59)60)47-35(52)16-12-17-36(53)54)21-25-50-40(57)28-14-11-13-27-33(49(2)3)19-18-29(37(27)28)41(50)58;1-2/h11,13-14,18-19,30-32,44H,4-10,12,15-17,20-26,43H2,1-3H3,(H,45,51)(H,46,56)(H,47,52)(H,48,55)(H,53,54)(H,59,60);1-2H3/t30?,31-,32-;/m1./s1. The van der Waals surface area contributed by atoms with E-state index in [4.69, 9.17) is 10.8 Å². The van der Waals surface area contributed by atoms with Gasteiger partial charge in [-0.3, -0.25) is 38.5 Å². The van der Waals surface area contributed by atoms with Gasteiger partial charge in [-0.05, 0) is 43.9 Å². The topological polar surface area (TPSA) is 270 Å². The van der Waals surface area contributed by atoms with Gasteiger partial charge in [-0.1, -0.05) is 71.4 Å². The molecule has 3 atom stereocenters. The van der Waals surface area contributed by atoms with Gasteiger partial charge in [0.15, 0.2) is 0 Å². The molecule has 0 fully saturated rings. The molecule has 3 rings (SSSR count). The molecule has 344 valence electrons. The summed E-state index contributed by atoms with van der Waals surface area (Å²) < 4.78 is 0. The second kappa shape index (κ2) is 28.1. The van der Waals surface area contributed by atoms with Crippen LogP contribution in [0.2, 0.25) is 0 Å². The summed E-state index contributed by atoms with van der Waals surface area (Å²) >= 11 is 0. The number of carboxylic acids is 2. The first-order valence-corrected chi connectivity index (χ1v) is 21.8. The molecule has 0 aliphatic carbocycles. The number of nitrogens with two attached hydrogens (primary N) is 1. The van der Waals surface area contributed by atoms with Gasteiger partial charge in [0.2, 0.25) is 23.6 Å². The normalized spacial score (nSPS) is 13.3. The van der Waals surface area contributed by atoms with Gasteiger partial charge < -0.3 is 47.4 Å². The Hall–Kier alpha value is -5.62. The van der Waals surface area contributed by atoms with Crippen LogP contribution in [0.15, 0.2) is 30.3 Å². The summed E-state index contributed by atoms with van der Waals surface area (Å²) in [4.78, 5) is 104. The number of unbranched alkanes of at least 4 members (excludes halogenated alkanes) is 6. The number of hydrogen-bond donors (Lipinski definition) is 8. The Kier molecular flexibility index (Phi) is 23.8. The van der Waals surface area contributed by atoms with E-state index in [9.17, 15) is 43.5 Å². The van der Waals surface area contributed by atoms with Crippen molar-refractivity contribution in [2.45, 2.75) is 122 Å². The van der Waals surface area contributed by atoms with Gasteiger partial charge in [0.25, 0.3) is 11.8 Å². The maximum Gasteiger partial charge on any atom is 0.326 e. The molecule has 62 heavy (non-hydrogen) atoms. The van der Waals surface area contributed by atoms with E-state index in [0.717, 1.165) is 35.2 Å². The number of nitrogens with one attached hydrogen (secondary N) is 5. The van der Waals surface area contributed by atoms with E-state index in [1.54, 1.807) is 24.3 Å². The Bertz CT molecular complexity index is 1820. The lowest BCUT2D eigenvalue weighted by Crippen LogP contribution is -2.55. The average Bonchev–Trinajstić information content (AvgIpc) is 3.24. The van der Waals surface area contributed by atoms with Crippen molar-refractivity contribution in [3.05, 3.63) is 41.5 Å². The summed E-state index contributed by atoms with van der Waals surface area (Å²) in [6, 6.07) is 4.74. The van der Waals surface area contributed by atoms with Crippen LogP contribution < -0.4 is 37.2 Å². The molecule has 0 aromatic heterocycles. The number of carboxylic acid groups (broad SMARTS) is 2. The molecule has 0 spiro atoms. The highest BCUT2D eigenvalue weighted by molar-refractivity contribution is 6.26. The van der Waals surface area contributed by atoms with Crippen molar-refractivity contribution in [2.75, 3.05) is 51.7 Å². The summed E-state index contributed by atoms with van der Waals surface area (Å²) in [6.07, 6.45) is 7.25. The monoisotopic (exact) mass is 869 g/mol. The van der Waals surface area contributed by atoms with E-state index >= 15 is 0 Å². The van der Waals surface area contributed by atoms with Crippen molar-refractivity contribution in [3.63, 3.8) is 0 Å². The molecule has 1 aliphatic rings. The number of benzene rings is 2. The third kappa shape index (κ3) is 17.0. The Morgan fingerprint density at radius 2 is 1.35 bits per heavy atom. The summed E-state index contributed by atoms with van der Waals surface area (Å²) in [6.45, 7) is 6.30. The predicted octanol–water partition coefficient (Wildman–Crippen LogP) is 2.91. The maximum absolute atomic E-state index is 13.8. The molecule has 6 amide bonds. The second-order valence-corrected chi connectivity index (χ2v) is 15.2. The molecule has 1 unspecified atom stereocenters. The van der Waals surface area contributed by atoms with Crippen molar-refractivity contribution < 1.29 is 48.6 Å². The molecule has 1 heterocycles. The minimum absolute atomic E-state index is 0.000912. The number of anilines is 1. The number of amides is 6. The molecule has 0 bridgehead atoms. The fraction of sp³-hybridized carbons (Fsp3) is 0.591. The van der Waals surface area contributed by atoms with Gasteiger partial charge in [0, 0.05) is 93.7 Å². The molecular formula is C44H68N8O10. The van der Waals surface area contributed by atoms with E-state index in [1.807, 2.05) is 38.9 Å². The van der Waals surface area contributed by atoms with Crippen LogP contribution in [0.1, 0.15) is 125 Å². The predicted molar refractivity (Wildman–Crippen MR) is 237 cm³/mol. The number of nitrogens with zero attached hydrogens (tertiary/aromatic N) is 2. The van der Waals surface area contributed by atoms with Gasteiger partial charge in [-0.25, -0.2) is 4.79 Å². The lowest BCUT2D eigenvalue weighted by atomic mass is 9.92. The second-order valence-electron chi connectivity index (χ2n) is 15.2. The van der Waals surface area contributed by atoms with Gasteiger partial charge in [-0.15, -0.1) is 0 Å². The highest BCUT2D eigenvalue weighted by Gasteiger charge is 2.35. The minimum Gasteiger partial charge on any atom is -0.481 e. The minimum atomic E-state index is -1.40. The molecule has 0 saturated heterocycles. The third-order valence-corrected chi connectivity index (χ3v) is 10.2. The zero-order valence-corrected chi connectivity index (χ0v) is 37.0. The van der Waals surface area contributed by atoms with Crippen LogP contribution in [0.5, 0.6) is 0 Å². The van der Waals surface area contributed by atoms with Crippen LogP contribution in [0.3, 0.4) is 0 Å². The average molecular weight is 869 g/mol. The summed E-state index contributed by atoms with van der Waals surface area (Å²) in [5.74, 6) is -5.80. The summed E-state index contributed by atoms with van der Waals surface area (Å²) in [5.41, 5.74) is 7.60. The highest BCUT2D eigenvalue weighted by Crippen LogP contribution is 2.35. The van der Waals surface area contributed by atoms with Crippen molar-refractivity contribution in [2.24, 2.45) is 5.73 Å². The number of aliphatic carboxylic acids is 2. The number of carbonyl (C=O) groups excluding carboxylic acids is 6. The third-order valence-electron chi connectivity index (χ3n) is 10.2. The smallest absolute Gasteiger partial charge is 0.326 e. The molecule has 2 aromatic rings. The molecule has 9 N–H and O–H groups in total. The van der Waals surface area contributed by atoms with E-state index in [0.29, 0.717) is 36.0 Å². The lowest BCUT2D eigenvalue weighted by Gasteiger charge is -2.30. The van der Waals surface area contributed by atoms with Gasteiger partial charge in [-0.2, -0.15) is 0 Å². The first-order valence-electron chi connectivity index (χ1n) is 21.8. The summed E-state index contributed by atoms with van der Waals surface area (Å²) in [5, 5.41) is 33.0. The van der Waals surface area contributed by atoms with Crippen LogP contribution in [0, 0.1) is 0 Å². The summed E-state index contributed by atoms with van der Waals surface area (Å²) in [7, 11) is 3.71. The van der Waals surface area contributed by atoms with Crippen LogP contribution >= 0.6 is 0 Å². The van der Waals surface area contributed by atoms with E-state index < -0.39 is 59.6 Å². The van der Waals surface area contributed by atoms with Crippen LogP contribution in [-0.4, -0.2) is 127 Å². The largest absolute Gasteiger partial charge is 0.481 e. The molecule has 18 heteroatoms. The van der Waals surface area contributed by atoms with Crippen molar-refractivity contribution in [1.29, 1.82) is 0 Å². The first-order chi connectivity index (χ1) is 29.7. The zero-order chi connectivity index (χ0) is 46.2. The highest BCUT2D eigenvalue weighted by atomic mass is 16.4. The van der Waals surface area contributed by atoms with Crippen LogP contribution in [-0.2, 0) is 28.8 Å².